The number of rotatable bonds is 12. The van der Waals surface area contributed by atoms with E-state index >= 15 is 0 Å². The van der Waals surface area contributed by atoms with Crippen LogP contribution in [0.2, 0.25) is 0 Å². The monoisotopic (exact) mass is 554 g/mol. The van der Waals surface area contributed by atoms with E-state index in [1.807, 2.05) is 46.8 Å². The Kier molecular flexibility index (Phi) is 9.02. The second-order valence-corrected chi connectivity index (χ2v) is 12.3. The number of aryl methyl sites for hydroxylation is 1. The molecule has 0 radical (unpaired) electrons. The van der Waals surface area contributed by atoms with Gasteiger partial charge in [0, 0.05) is 36.8 Å². The van der Waals surface area contributed by atoms with Crippen LogP contribution in [-0.4, -0.2) is 44.5 Å². The topological polar surface area (TPSA) is 107 Å². The lowest BCUT2D eigenvalue weighted by Gasteiger charge is -2.27. The smallest absolute Gasteiger partial charge is 0.233 e. The second-order valence-electron chi connectivity index (χ2n) is 10.5. The van der Waals surface area contributed by atoms with Crippen molar-refractivity contribution < 1.29 is 27.8 Å². The number of aromatic nitrogens is 1. The van der Waals surface area contributed by atoms with Crippen LogP contribution >= 0.6 is 0 Å². The van der Waals surface area contributed by atoms with Crippen LogP contribution in [0.4, 0.5) is 0 Å². The molecule has 2 N–H and O–H groups in total. The molecule has 4 rings (SSSR count). The third-order valence-electron chi connectivity index (χ3n) is 7.53. The van der Waals surface area contributed by atoms with Crippen LogP contribution in [0.5, 0.6) is 11.5 Å². The Morgan fingerprint density at radius 1 is 1.10 bits per heavy atom. The minimum Gasteiger partial charge on any atom is -0.496 e. The lowest BCUT2D eigenvalue weighted by atomic mass is 9.85. The summed E-state index contributed by atoms with van der Waals surface area (Å²) in [6.45, 7) is 2.51. The SMILES string of the molecule is COc1cc([C@@H](O)[C@H](CC2Cc3ccccc3C2)Cn2ccc(CCC(=O)NS(C)(=O)=O)c2)cc(OC)c1C. The largest absolute Gasteiger partial charge is 0.496 e. The molecule has 8 nitrogen and oxygen atoms in total. The highest BCUT2D eigenvalue weighted by Gasteiger charge is 2.30. The van der Waals surface area contributed by atoms with Crippen LogP contribution < -0.4 is 14.2 Å². The van der Waals surface area contributed by atoms with Gasteiger partial charge >= 0.3 is 0 Å². The van der Waals surface area contributed by atoms with Gasteiger partial charge in [0.15, 0.2) is 0 Å². The van der Waals surface area contributed by atoms with E-state index in [9.17, 15) is 18.3 Å². The number of carbonyl (C=O) groups excluding carboxylic acids is 1. The molecule has 0 saturated carbocycles. The zero-order valence-corrected chi connectivity index (χ0v) is 23.8. The van der Waals surface area contributed by atoms with Crippen molar-refractivity contribution in [2.45, 2.75) is 51.7 Å². The molecular weight excluding hydrogens is 516 g/mol. The first-order chi connectivity index (χ1) is 18.6. The zero-order valence-electron chi connectivity index (χ0n) is 23.0. The Hall–Kier alpha value is -3.30. The average molecular weight is 555 g/mol. The van der Waals surface area contributed by atoms with E-state index in [0.29, 0.717) is 30.4 Å². The molecule has 1 heterocycles. The number of aliphatic hydroxyl groups is 1. The number of hydrogen-bond donors (Lipinski definition) is 2. The fraction of sp³-hybridized carbons (Fsp3) is 0.433. The van der Waals surface area contributed by atoms with E-state index in [0.717, 1.165) is 42.2 Å². The Bertz CT molecular complexity index is 1360. The first-order valence-corrected chi connectivity index (χ1v) is 15.1. The molecule has 210 valence electrons. The minimum absolute atomic E-state index is 0.0758. The Morgan fingerprint density at radius 2 is 1.72 bits per heavy atom. The highest BCUT2D eigenvalue weighted by molar-refractivity contribution is 7.89. The van der Waals surface area contributed by atoms with Crippen molar-refractivity contribution in [3.8, 4) is 11.5 Å². The molecule has 0 bridgehead atoms. The maximum absolute atomic E-state index is 11.9. The summed E-state index contributed by atoms with van der Waals surface area (Å²) < 4.78 is 37.8. The number of carbonyl (C=O) groups is 1. The molecule has 1 aliphatic rings. The van der Waals surface area contributed by atoms with Gasteiger partial charge in [0.1, 0.15) is 11.5 Å². The van der Waals surface area contributed by atoms with Crippen molar-refractivity contribution >= 4 is 15.9 Å². The highest BCUT2D eigenvalue weighted by atomic mass is 32.2. The maximum atomic E-state index is 11.9. The van der Waals surface area contributed by atoms with Crippen LogP contribution in [0, 0.1) is 18.8 Å². The number of methoxy groups -OCH3 is 2. The van der Waals surface area contributed by atoms with Gasteiger partial charge in [-0.05, 0) is 79.0 Å². The fourth-order valence-corrected chi connectivity index (χ4v) is 6.15. The van der Waals surface area contributed by atoms with Gasteiger partial charge in [-0.3, -0.25) is 9.52 Å². The van der Waals surface area contributed by atoms with Gasteiger partial charge in [-0.25, -0.2) is 8.42 Å². The number of benzene rings is 2. The summed E-state index contributed by atoms with van der Waals surface area (Å²) in [5, 5.41) is 11.7. The third-order valence-corrected chi connectivity index (χ3v) is 8.13. The second kappa shape index (κ2) is 12.3. The number of aliphatic hydroxyl groups excluding tert-OH is 1. The van der Waals surface area contributed by atoms with Gasteiger partial charge in [-0.2, -0.15) is 0 Å². The predicted octanol–water partition coefficient (Wildman–Crippen LogP) is 3.98. The summed E-state index contributed by atoms with van der Waals surface area (Å²) in [6.07, 6.45) is 7.45. The number of hydrogen-bond acceptors (Lipinski definition) is 6. The average Bonchev–Trinajstić information content (AvgIpc) is 3.52. The van der Waals surface area contributed by atoms with E-state index < -0.39 is 22.0 Å². The molecule has 0 spiro atoms. The third kappa shape index (κ3) is 7.42. The molecule has 0 fully saturated rings. The molecule has 0 unspecified atom stereocenters. The predicted molar refractivity (Wildman–Crippen MR) is 150 cm³/mol. The first kappa shape index (κ1) is 28.7. The Balaban J connectivity index is 1.53. The molecule has 0 saturated heterocycles. The normalized spacial score (nSPS) is 15.0. The number of nitrogens with zero attached hydrogens (tertiary/aromatic N) is 1. The maximum Gasteiger partial charge on any atom is 0.233 e. The number of ether oxygens (including phenoxy) is 2. The van der Waals surface area contributed by atoms with Gasteiger partial charge in [-0.1, -0.05) is 24.3 Å². The molecule has 1 aromatic heterocycles. The van der Waals surface area contributed by atoms with Crippen molar-refractivity contribution in [2.75, 3.05) is 20.5 Å². The zero-order chi connectivity index (χ0) is 28.2. The van der Waals surface area contributed by atoms with Crippen LogP contribution in [-0.2, 0) is 40.6 Å². The standard InChI is InChI=1S/C30H38N2O6S/c1-20-27(37-2)16-25(17-28(20)38-3)30(34)26(15-22-13-23-7-5-6-8-24(23)14-22)19-32-12-11-21(18-32)9-10-29(33)31-39(4,35)36/h5-8,11-12,16-18,22,26,30,34H,9-10,13-15,19H2,1-4H3,(H,31,33)/t26-,30-/m1/s1. The Morgan fingerprint density at radius 3 is 2.28 bits per heavy atom. The van der Waals surface area contributed by atoms with E-state index in [4.69, 9.17) is 9.47 Å². The minimum atomic E-state index is -3.57. The number of fused-ring (bicyclic) bond motifs is 1. The molecule has 2 aromatic carbocycles. The van der Waals surface area contributed by atoms with Gasteiger partial charge in [-0.15, -0.1) is 0 Å². The van der Waals surface area contributed by atoms with Crippen LogP contribution in [0.15, 0.2) is 54.9 Å². The Labute approximate surface area is 231 Å². The molecule has 9 heteroatoms. The molecule has 2 atom stereocenters. The summed E-state index contributed by atoms with van der Waals surface area (Å²) in [5.74, 6) is 1.15. The first-order valence-electron chi connectivity index (χ1n) is 13.2. The van der Waals surface area contributed by atoms with Crippen molar-refractivity contribution in [1.82, 2.24) is 9.29 Å². The van der Waals surface area contributed by atoms with Gasteiger partial charge in [0.25, 0.3) is 0 Å². The molecule has 1 aliphatic carbocycles. The van der Waals surface area contributed by atoms with E-state index in [2.05, 4.69) is 24.3 Å². The van der Waals surface area contributed by atoms with Crippen molar-refractivity contribution in [3.05, 3.63) is 82.7 Å². The molecule has 3 aromatic rings. The number of amides is 1. The highest BCUT2D eigenvalue weighted by Crippen LogP contribution is 2.39. The van der Waals surface area contributed by atoms with Crippen molar-refractivity contribution in [2.24, 2.45) is 11.8 Å². The van der Waals surface area contributed by atoms with Crippen LogP contribution in [0.1, 0.15) is 46.8 Å². The lowest BCUT2D eigenvalue weighted by molar-refractivity contribution is -0.119. The summed E-state index contributed by atoms with van der Waals surface area (Å²) >= 11 is 0. The van der Waals surface area contributed by atoms with E-state index in [1.54, 1.807) is 14.2 Å². The summed E-state index contributed by atoms with van der Waals surface area (Å²) in [4.78, 5) is 11.9. The molecular formula is C30H38N2O6S. The molecule has 1 amide bonds. The summed E-state index contributed by atoms with van der Waals surface area (Å²) in [6, 6.07) is 14.2. The van der Waals surface area contributed by atoms with E-state index in [-0.39, 0.29) is 12.3 Å². The quantitative estimate of drug-likeness (QED) is 0.351. The summed E-state index contributed by atoms with van der Waals surface area (Å²) in [7, 11) is -0.341. The lowest BCUT2D eigenvalue weighted by Crippen LogP contribution is -2.29. The van der Waals surface area contributed by atoms with Crippen molar-refractivity contribution in [3.63, 3.8) is 0 Å². The number of nitrogens with one attached hydrogen (secondary N) is 1. The van der Waals surface area contributed by atoms with Gasteiger partial charge in [0.2, 0.25) is 15.9 Å². The number of sulfonamides is 1. The van der Waals surface area contributed by atoms with Gasteiger partial charge in [0.05, 0.1) is 26.6 Å². The molecule has 0 aliphatic heterocycles. The fourth-order valence-electron chi connectivity index (χ4n) is 5.64. The molecule has 39 heavy (non-hydrogen) atoms. The van der Waals surface area contributed by atoms with Crippen LogP contribution in [0.25, 0.3) is 0 Å². The van der Waals surface area contributed by atoms with Crippen LogP contribution in [0.3, 0.4) is 0 Å². The van der Waals surface area contributed by atoms with E-state index in [1.165, 1.54) is 11.1 Å². The summed E-state index contributed by atoms with van der Waals surface area (Å²) in [5.41, 5.74) is 5.32. The van der Waals surface area contributed by atoms with Gasteiger partial charge < -0.3 is 19.1 Å². The van der Waals surface area contributed by atoms with Crippen molar-refractivity contribution in [1.29, 1.82) is 0 Å².